The van der Waals surface area contributed by atoms with Crippen molar-refractivity contribution in [2.75, 3.05) is 50.9 Å². The molecule has 0 aliphatic carbocycles. The van der Waals surface area contributed by atoms with Gasteiger partial charge >= 0.3 is 0 Å². The van der Waals surface area contributed by atoms with Crippen LogP contribution in [0.2, 0.25) is 0 Å². The number of terminal acetylenes is 1. The Morgan fingerprint density at radius 2 is 2.10 bits per heavy atom. The number of pyridine rings is 1. The van der Waals surface area contributed by atoms with Gasteiger partial charge in [-0.15, -0.1) is 6.42 Å². The Balaban J connectivity index is 1.75. The number of carbonyl (C=O) groups excluding carboxylic acids is 1. The topological polar surface area (TPSA) is 95.1 Å². The molecular weight excluding hydrogens is 378 g/mol. The number of nitrogens with one attached hydrogen (secondary N) is 3. The Hall–Kier alpha value is -3.02. The second kappa shape index (κ2) is 10.7. The summed E-state index contributed by atoms with van der Waals surface area (Å²) in [4.78, 5) is 27.1. The van der Waals surface area contributed by atoms with E-state index in [2.05, 4.69) is 36.8 Å². The molecule has 1 saturated heterocycles. The van der Waals surface area contributed by atoms with Crippen molar-refractivity contribution in [3.8, 4) is 12.3 Å². The molecule has 1 fully saturated rings. The molecule has 1 atom stereocenters. The Kier molecular flexibility index (Phi) is 7.71. The van der Waals surface area contributed by atoms with Crippen molar-refractivity contribution in [2.24, 2.45) is 5.92 Å². The van der Waals surface area contributed by atoms with Gasteiger partial charge < -0.3 is 20.9 Å². The highest BCUT2D eigenvalue weighted by Gasteiger charge is 2.15. The van der Waals surface area contributed by atoms with Crippen LogP contribution in [0.3, 0.4) is 0 Å². The van der Waals surface area contributed by atoms with E-state index in [1.807, 2.05) is 25.1 Å². The van der Waals surface area contributed by atoms with Crippen LogP contribution in [-0.4, -0.2) is 65.9 Å². The van der Waals surface area contributed by atoms with Gasteiger partial charge in [-0.05, 0) is 51.9 Å². The fourth-order valence-corrected chi connectivity index (χ4v) is 3.43. The van der Waals surface area contributed by atoms with Gasteiger partial charge in [0.2, 0.25) is 0 Å². The van der Waals surface area contributed by atoms with Crippen molar-refractivity contribution in [3.63, 3.8) is 0 Å². The van der Waals surface area contributed by atoms with E-state index in [4.69, 9.17) is 6.42 Å². The quantitative estimate of drug-likeness (QED) is 0.541. The summed E-state index contributed by atoms with van der Waals surface area (Å²) in [6.45, 7) is 3.35. The predicted octanol–water partition coefficient (Wildman–Crippen LogP) is 1.68. The molecule has 1 aliphatic heterocycles. The molecular formula is C22H29N7O. The van der Waals surface area contributed by atoms with Gasteiger partial charge in [0.15, 0.2) is 5.78 Å². The SMILES string of the molecule is C#Cc1cnc(Nc2cc(NCC3CCCNC3)c(CC(=O)CN(C)C)cn2)cn1. The number of Topliss-reactive ketones (excluding diaryl/α,β-unsaturated/α-hetero) is 1. The Morgan fingerprint density at radius 3 is 2.77 bits per heavy atom. The van der Waals surface area contributed by atoms with Gasteiger partial charge in [0.1, 0.15) is 17.3 Å². The summed E-state index contributed by atoms with van der Waals surface area (Å²) in [6, 6.07) is 1.92. The lowest BCUT2D eigenvalue weighted by Gasteiger charge is -2.24. The molecule has 3 heterocycles. The standard InChI is InChI=1S/C22H29N7O/c1-4-18-13-27-22(14-24-18)28-21-9-20(25-11-16-6-5-7-23-10-16)17(12-26-21)8-19(30)15-29(2)3/h1,9,12-14,16,23H,5-8,10-11,15H2,2-3H3,(H2,25,26,27,28). The molecule has 8 nitrogen and oxygen atoms in total. The molecule has 0 spiro atoms. The average Bonchev–Trinajstić information content (AvgIpc) is 2.74. The van der Waals surface area contributed by atoms with Crippen LogP contribution in [0.4, 0.5) is 17.3 Å². The molecule has 1 aliphatic rings. The van der Waals surface area contributed by atoms with Gasteiger partial charge in [0.25, 0.3) is 0 Å². The van der Waals surface area contributed by atoms with Crippen molar-refractivity contribution in [1.82, 2.24) is 25.2 Å². The average molecular weight is 408 g/mol. The first-order chi connectivity index (χ1) is 14.5. The van der Waals surface area contributed by atoms with Gasteiger partial charge in [0, 0.05) is 36.5 Å². The van der Waals surface area contributed by atoms with Gasteiger partial charge in [0.05, 0.1) is 18.9 Å². The normalized spacial score (nSPS) is 16.1. The number of carbonyl (C=O) groups is 1. The predicted molar refractivity (Wildman–Crippen MR) is 119 cm³/mol. The molecule has 30 heavy (non-hydrogen) atoms. The monoisotopic (exact) mass is 407 g/mol. The summed E-state index contributed by atoms with van der Waals surface area (Å²) >= 11 is 0. The smallest absolute Gasteiger partial charge is 0.151 e. The molecule has 1 unspecified atom stereocenters. The van der Waals surface area contributed by atoms with Crippen LogP contribution in [0.1, 0.15) is 24.1 Å². The van der Waals surface area contributed by atoms with E-state index in [0.717, 1.165) is 30.9 Å². The number of piperidine rings is 1. The van der Waals surface area contributed by atoms with E-state index in [1.165, 1.54) is 19.0 Å². The number of anilines is 3. The number of hydrogen-bond donors (Lipinski definition) is 3. The van der Waals surface area contributed by atoms with Gasteiger partial charge in [-0.1, -0.05) is 0 Å². The van der Waals surface area contributed by atoms with E-state index >= 15 is 0 Å². The summed E-state index contributed by atoms with van der Waals surface area (Å²) in [5, 5.41) is 10.1. The van der Waals surface area contributed by atoms with E-state index in [9.17, 15) is 4.79 Å². The van der Waals surface area contributed by atoms with Gasteiger partial charge in [-0.3, -0.25) is 4.79 Å². The fraction of sp³-hybridized carbons (Fsp3) is 0.455. The van der Waals surface area contributed by atoms with Gasteiger partial charge in [-0.2, -0.15) is 0 Å². The highest BCUT2D eigenvalue weighted by atomic mass is 16.1. The van der Waals surface area contributed by atoms with Crippen molar-refractivity contribution in [2.45, 2.75) is 19.3 Å². The van der Waals surface area contributed by atoms with E-state index in [0.29, 0.717) is 36.2 Å². The highest BCUT2D eigenvalue weighted by Crippen LogP contribution is 2.23. The Morgan fingerprint density at radius 1 is 1.27 bits per heavy atom. The maximum atomic E-state index is 12.4. The van der Waals surface area contributed by atoms with Crippen molar-refractivity contribution in [3.05, 3.63) is 35.9 Å². The summed E-state index contributed by atoms with van der Waals surface area (Å²) in [7, 11) is 3.79. The van der Waals surface area contributed by atoms with E-state index < -0.39 is 0 Å². The Bertz CT molecular complexity index is 883. The largest absolute Gasteiger partial charge is 0.384 e. The van der Waals surface area contributed by atoms with Crippen LogP contribution in [0, 0.1) is 18.3 Å². The minimum Gasteiger partial charge on any atom is -0.384 e. The zero-order chi connectivity index (χ0) is 21.3. The van der Waals surface area contributed by atoms with Crippen LogP contribution in [-0.2, 0) is 11.2 Å². The lowest BCUT2D eigenvalue weighted by atomic mass is 9.99. The van der Waals surface area contributed by atoms with Crippen molar-refractivity contribution in [1.29, 1.82) is 0 Å². The number of nitrogens with zero attached hydrogens (tertiary/aromatic N) is 4. The molecule has 3 rings (SSSR count). The fourth-order valence-electron chi connectivity index (χ4n) is 3.43. The third-order valence-corrected chi connectivity index (χ3v) is 4.90. The lowest BCUT2D eigenvalue weighted by molar-refractivity contribution is -0.119. The minimum atomic E-state index is 0.153. The third-order valence-electron chi connectivity index (χ3n) is 4.90. The second-order valence-electron chi connectivity index (χ2n) is 7.83. The lowest BCUT2D eigenvalue weighted by Crippen LogP contribution is -2.33. The van der Waals surface area contributed by atoms with E-state index in [1.54, 1.807) is 12.4 Å². The van der Waals surface area contributed by atoms with Crippen LogP contribution >= 0.6 is 0 Å². The molecule has 0 bridgehead atoms. The van der Waals surface area contributed by atoms with Crippen LogP contribution in [0.25, 0.3) is 0 Å². The zero-order valence-electron chi connectivity index (χ0n) is 17.6. The maximum Gasteiger partial charge on any atom is 0.151 e. The van der Waals surface area contributed by atoms with Gasteiger partial charge in [-0.25, -0.2) is 15.0 Å². The first kappa shape index (κ1) is 21.7. The summed E-state index contributed by atoms with van der Waals surface area (Å²) < 4.78 is 0. The first-order valence-corrected chi connectivity index (χ1v) is 10.2. The number of aromatic nitrogens is 3. The van der Waals surface area contributed by atoms with Crippen molar-refractivity contribution >= 4 is 23.1 Å². The Labute approximate surface area is 177 Å². The maximum absolute atomic E-state index is 12.4. The number of rotatable bonds is 9. The number of ketones is 1. The van der Waals surface area contributed by atoms with Crippen LogP contribution < -0.4 is 16.0 Å². The number of likely N-dealkylation sites (N-methyl/N-ethyl adjacent to an activating group) is 1. The molecule has 2 aromatic rings. The molecule has 0 radical (unpaired) electrons. The minimum absolute atomic E-state index is 0.153. The summed E-state index contributed by atoms with van der Waals surface area (Å²) in [5.41, 5.74) is 2.29. The third kappa shape index (κ3) is 6.51. The molecule has 8 heteroatoms. The summed E-state index contributed by atoms with van der Waals surface area (Å²) in [5.74, 6) is 4.35. The molecule has 2 aromatic heterocycles. The van der Waals surface area contributed by atoms with Crippen LogP contribution in [0.15, 0.2) is 24.7 Å². The highest BCUT2D eigenvalue weighted by molar-refractivity contribution is 5.84. The summed E-state index contributed by atoms with van der Waals surface area (Å²) in [6.07, 6.45) is 12.9. The molecule has 0 amide bonds. The molecule has 158 valence electrons. The second-order valence-corrected chi connectivity index (χ2v) is 7.83. The van der Waals surface area contributed by atoms with Crippen molar-refractivity contribution < 1.29 is 4.79 Å². The first-order valence-electron chi connectivity index (χ1n) is 10.2. The number of hydrogen-bond acceptors (Lipinski definition) is 8. The zero-order valence-corrected chi connectivity index (χ0v) is 17.6. The molecule has 3 N–H and O–H groups in total. The molecule has 0 aromatic carbocycles. The van der Waals surface area contributed by atoms with Crippen LogP contribution in [0.5, 0.6) is 0 Å². The van der Waals surface area contributed by atoms with E-state index in [-0.39, 0.29) is 5.78 Å². The molecule has 0 saturated carbocycles.